The van der Waals surface area contributed by atoms with Crippen molar-refractivity contribution in [2.45, 2.75) is 265 Å². The summed E-state index contributed by atoms with van der Waals surface area (Å²) in [6, 6.07) is -2.03. The molecule has 0 aromatic heterocycles. The fourth-order valence-electron chi connectivity index (χ4n) is 6.01. The normalized spacial score (nSPS) is 27.9. The number of rotatable bonds is 28. The average molecular weight is 1690 g/mol. The Morgan fingerprint density at radius 3 is 1.02 bits per heavy atom. The van der Waals surface area contributed by atoms with E-state index < -0.39 is 192 Å². The van der Waals surface area contributed by atoms with E-state index in [1.165, 1.54) is 41.5 Å². The summed E-state index contributed by atoms with van der Waals surface area (Å²) < 4.78 is 158. The van der Waals surface area contributed by atoms with E-state index in [9.17, 15) is 82.1 Å². The fraction of sp³-hybridized carbons (Fsp3) is 1.00. The molecule has 3 heterocycles. The SMILES string of the molecule is CC(C)O.CC(C)O.CC(C)OP(=O)(O)O.CC(C)OP(=O)(O)OP(=O)(O)O.CC(C)OP(=O)(O)OP(=O)(O)OCCN.CC(C)OP(=O)(O)O[C@H]1OC(CO)[C@H](O)[C@H](O)C1N.CC(C)OP(=O)(O)O[C@H]1OC[C@H](N)[C@H](O)C1O.CC(C)O[C@H]1OC(CO)[C@@H](O)[C@H](O)C1O.COP(=O)(O)OC(C)C. The van der Waals surface area contributed by atoms with Gasteiger partial charge in [0, 0.05) is 25.9 Å². The molecule has 0 amide bonds. The molecular weight excluding hydrogens is 1570 g/mol. The van der Waals surface area contributed by atoms with Crippen LogP contribution in [0.15, 0.2) is 0 Å². The standard InChI is InChI=1S/C9H20NO8P.C9H18O6.C8H18NO7P.C5H15NO7P2.C4H11O4P.C3H10O7P2.C3H9O4P.2C3H8O/c1-4(2)17-19(14,15)18-9-6(10)8(13)7(12)5(3-11)16-9;1-4(2)14-9-8(13)7(12)6(11)5(3-10)15-9;1-4(2)15-17(12,13)16-8-7(11)6(10)5(9)3-14-8;1-5(2)12-15(9,10)13-14(7,8)11-4-3-6;1-4(2)8-9(5,6)7-3;1-3(2)9-12(7,8)10-11(4,5)6;1-3(2)7-8(4,5)6;2*1-3(2)4/h4-9,11-13H,3,10H2,1-2H3,(H,14,15);4-13H,3H2,1-2H3;4-8,10-11H,3,9H2,1-2H3,(H,12,13);5H,3-4,6H2,1-2H3,(H,7,8)(H,9,10);4H,1-3H3,(H,5,6);3H,1-2H3,(H,7,8)(H2,4,5,6);3H,1-2H3,(H2,4,5,6);2*3-4H,1-2H3/t5?,6?,7-,8+,9+;5?,6-,7+,8?,9+;5-,6-,7?,8+;;;;;;/m010....../s1. The number of hydrogen-bond donors (Lipinski definition) is 24. The van der Waals surface area contributed by atoms with Gasteiger partial charge in [0.2, 0.25) is 0 Å². The van der Waals surface area contributed by atoms with Crippen molar-refractivity contribution in [3.05, 3.63) is 0 Å². The maximum atomic E-state index is 11.6. The molecule has 56 heteroatoms. The van der Waals surface area contributed by atoms with Gasteiger partial charge in [0.15, 0.2) is 18.9 Å². The largest absolute Gasteiger partial charge is 0.481 e. The smallest absolute Gasteiger partial charge is 0.394 e. The minimum Gasteiger partial charge on any atom is -0.394 e. The van der Waals surface area contributed by atoms with Crippen molar-refractivity contribution in [3.8, 4) is 0 Å². The predicted molar refractivity (Wildman–Crippen MR) is 357 cm³/mol. The first-order valence-corrected chi connectivity index (χ1v) is 42.4. The topological polar surface area (TPSA) is 787 Å². The van der Waals surface area contributed by atoms with Crippen LogP contribution in [0.3, 0.4) is 0 Å². The van der Waals surface area contributed by atoms with Crippen LogP contribution in [-0.2, 0) is 109 Å². The average Bonchev–Trinajstić information content (AvgIpc) is 0.834. The van der Waals surface area contributed by atoms with Crippen LogP contribution in [0.2, 0.25) is 0 Å². The van der Waals surface area contributed by atoms with E-state index in [0.717, 1.165) is 7.11 Å². The quantitative estimate of drug-likeness (QED) is 0.0422. The highest BCUT2D eigenvalue weighted by molar-refractivity contribution is 7.61. The first-order valence-electron chi connectivity index (χ1n) is 30.4. The Labute approximate surface area is 597 Å². The van der Waals surface area contributed by atoms with Crippen molar-refractivity contribution in [2.75, 3.05) is 40.1 Å². The Bertz CT molecular complexity index is 2580. The Kier molecular flexibility index (Phi) is 60.8. The molecule has 3 aliphatic heterocycles. The van der Waals surface area contributed by atoms with Gasteiger partial charge >= 0.3 is 62.6 Å². The van der Waals surface area contributed by atoms with E-state index in [0.29, 0.717) is 0 Å². The van der Waals surface area contributed by atoms with Crippen molar-refractivity contribution >= 4 is 62.6 Å². The molecule has 3 fully saturated rings. The second-order valence-corrected chi connectivity index (χ2v) is 34.3. The van der Waals surface area contributed by atoms with Crippen LogP contribution in [0.25, 0.3) is 0 Å². The van der Waals surface area contributed by atoms with Crippen LogP contribution >= 0.6 is 62.6 Å². The molecule has 48 nitrogen and oxygen atoms in total. The van der Waals surface area contributed by atoms with Crippen LogP contribution in [0.1, 0.15) is 125 Å². The summed E-state index contributed by atoms with van der Waals surface area (Å²) in [5.74, 6) is 0. The van der Waals surface area contributed by atoms with Gasteiger partial charge in [-0.1, -0.05) is 0 Å². The fourth-order valence-corrected chi connectivity index (χ4v) is 13.3. The molecule has 0 spiro atoms. The predicted octanol–water partition coefficient (Wildman–Crippen LogP) is -0.898. The zero-order chi connectivity index (χ0) is 83.1. The van der Waals surface area contributed by atoms with E-state index in [1.54, 1.807) is 83.1 Å². The highest BCUT2D eigenvalue weighted by Crippen LogP contribution is 2.61. The number of hydrogen-bond acceptors (Lipinski definition) is 38. The Hall–Kier alpha value is 0.240. The number of phosphoric acid groups is 8. The summed E-state index contributed by atoms with van der Waals surface area (Å²) in [6.45, 7) is 27.3. The number of aliphatic hydroxyl groups excluding tert-OH is 11. The second kappa shape index (κ2) is 54.8. The van der Waals surface area contributed by atoms with Crippen LogP contribution in [-0.4, -0.2) is 286 Å². The molecular formula is C47H117N3O45P8. The molecule has 3 rings (SSSR count). The Balaban J connectivity index is -0.000000265. The molecule has 0 aromatic carbocycles. The van der Waals surface area contributed by atoms with E-state index in [-0.39, 0.29) is 44.2 Å². The van der Waals surface area contributed by atoms with E-state index in [2.05, 4.69) is 49.3 Å². The molecule has 0 aliphatic carbocycles. The molecule has 103 heavy (non-hydrogen) atoms. The van der Waals surface area contributed by atoms with Crippen LogP contribution in [0.4, 0.5) is 0 Å². The van der Waals surface area contributed by atoms with Gasteiger partial charge in [-0.15, -0.1) is 0 Å². The third-order valence-electron chi connectivity index (χ3n) is 9.26. The lowest BCUT2D eigenvalue weighted by Crippen LogP contribution is -2.62. The van der Waals surface area contributed by atoms with Gasteiger partial charge in [0.25, 0.3) is 0 Å². The van der Waals surface area contributed by atoms with Gasteiger partial charge in [-0.2, -0.15) is 8.62 Å². The van der Waals surface area contributed by atoms with Gasteiger partial charge in [-0.05, 0) is 125 Å². The first-order chi connectivity index (χ1) is 46.0. The third-order valence-corrected chi connectivity index (χ3v) is 18.6. The van der Waals surface area contributed by atoms with Crippen LogP contribution in [0.5, 0.6) is 0 Å². The number of phosphoric ester groups is 7. The van der Waals surface area contributed by atoms with Crippen LogP contribution < -0.4 is 17.2 Å². The van der Waals surface area contributed by atoms with Gasteiger partial charge in [-0.3, -0.25) is 45.2 Å². The van der Waals surface area contributed by atoms with Crippen molar-refractivity contribution in [3.63, 3.8) is 0 Å². The number of ether oxygens (including phenoxy) is 4. The Morgan fingerprint density at radius 1 is 0.398 bits per heavy atom. The summed E-state index contributed by atoms with van der Waals surface area (Å²) in [6.07, 6.45) is -19.3. The van der Waals surface area contributed by atoms with Crippen molar-refractivity contribution in [2.24, 2.45) is 17.2 Å². The molecule has 20 atom stereocenters. The minimum atomic E-state index is -4.98. The maximum Gasteiger partial charge on any atom is 0.481 e. The summed E-state index contributed by atoms with van der Waals surface area (Å²) in [4.78, 5) is 86.4. The molecule has 11 unspecified atom stereocenters. The second-order valence-electron chi connectivity index (χ2n) is 23.1. The number of nitrogens with two attached hydrogens (primary N) is 3. The van der Waals surface area contributed by atoms with Crippen LogP contribution in [0, 0.1) is 0 Å². The molecule has 3 saturated heterocycles. The summed E-state index contributed by atoms with van der Waals surface area (Å²) in [5, 5.41) is 101. The van der Waals surface area contributed by atoms with Gasteiger partial charge < -0.3 is 141 Å². The molecule has 0 radical (unpaired) electrons. The minimum absolute atomic E-state index is 0.0192. The van der Waals surface area contributed by atoms with Crippen molar-refractivity contribution < 1.29 is 214 Å². The van der Waals surface area contributed by atoms with E-state index in [1.807, 2.05) is 0 Å². The lowest BCUT2D eigenvalue weighted by Gasteiger charge is -2.40. The van der Waals surface area contributed by atoms with Crippen molar-refractivity contribution in [1.29, 1.82) is 0 Å². The monoisotopic (exact) mass is 1690 g/mol. The zero-order valence-electron chi connectivity index (χ0n) is 60.3. The molecule has 0 bridgehead atoms. The van der Waals surface area contributed by atoms with Gasteiger partial charge in [-0.25, -0.2) is 36.5 Å². The third kappa shape index (κ3) is 65.5. The maximum absolute atomic E-state index is 11.6. The highest BCUT2D eigenvalue weighted by Gasteiger charge is 2.47. The summed E-state index contributed by atoms with van der Waals surface area (Å²) in [5.41, 5.74) is 16.0. The van der Waals surface area contributed by atoms with Gasteiger partial charge in [0.1, 0.15) is 54.9 Å². The van der Waals surface area contributed by atoms with E-state index in [4.69, 9.17) is 100 Å². The summed E-state index contributed by atoms with van der Waals surface area (Å²) in [7, 11) is -34.4. The lowest BCUT2D eigenvalue weighted by atomic mass is 9.98. The zero-order valence-corrected chi connectivity index (χ0v) is 67.5. The first kappa shape index (κ1) is 114. The lowest BCUT2D eigenvalue weighted by molar-refractivity contribution is -0.308. The highest BCUT2D eigenvalue weighted by atomic mass is 31.3. The summed E-state index contributed by atoms with van der Waals surface area (Å²) >= 11 is 0. The molecule has 0 saturated carbocycles. The molecule has 3 aliphatic rings. The van der Waals surface area contributed by atoms with Gasteiger partial charge in [0.05, 0.1) is 81.2 Å². The number of aliphatic hydroxyl groups is 11. The Morgan fingerprint density at radius 2 is 0.718 bits per heavy atom. The molecule has 630 valence electrons. The van der Waals surface area contributed by atoms with E-state index >= 15 is 0 Å². The van der Waals surface area contributed by atoms with Crippen molar-refractivity contribution in [1.82, 2.24) is 0 Å². The molecule has 27 N–H and O–H groups in total. The molecule has 0 aromatic rings.